The zero-order valence-corrected chi connectivity index (χ0v) is 12.9. The highest BCUT2D eigenvalue weighted by molar-refractivity contribution is 5.51. The molecule has 1 atom stereocenters. The highest BCUT2D eigenvalue weighted by Crippen LogP contribution is 2.17. The monoisotopic (exact) mass is 330 g/mol. The van der Waals surface area contributed by atoms with Crippen molar-refractivity contribution >= 4 is 11.6 Å². The molecule has 2 heterocycles. The molecule has 1 aliphatic heterocycles. The fourth-order valence-electron chi connectivity index (χ4n) is 2.31. The fourth-order valence-corrected chi connectivity index (χ4v) is 2.31. The van der Waals surface area contributed by atoms with Crippen LogP contribution in [-0.2, 0) is 4.74 Å². The van der Waals surface area contributed by atoms with Gasteiger partial charge in [0.25, 0.3) is 0 Å². The number of hydrogen-bond acceptors (Lipinski definition) is 5. The van der Waals surface area contributed by atoms with Crippen molar-refractivity contribution in [2.24, 2.45) is 0 Å². The predicted octanol–water partition coefficient (Wildman–Crippen LogP) is 2.33. The Bertz CT molecular complexity index is 778. The van der Waals surface area contributed by atoms with Gasteiger partial charge in [0, 0.05) is 25.5 Å². The lowest BCUT2D eigenvalue weighted by Gasteiger charge is -2.10. The first kappa shape index (κ1) is 16.1. The van der Waals surface area contributed by atoms with Crippen LogP contribution in [0.2, 0.25) is 0 Å². The molecule has 1 fully saturated rings. The third-order valence-corrected chi connectivity index (χ3v) is 3.62. The molecule has 124 valence electrons. The van der Waals surface area contributed by atoms with Gasteiger partial charge in [-0.1, -0.05) is 11.8 Å². The van der Waals surface area contributed by atoms with Crippen molar-refractivity contribution in [3.05, 3.63) is 47.3 Å². The van der Waals surface area contributed by atoms with Gasteiger partial charge in [0.2, 0.25) is 5.95 Å². The molecule has 2 aromatic rings. The van der Waals surface area contributed by atoms with Gasteiger partial charge >= 0.3 is 0 Å². The summed E-state index contributed by atoms with van der Waals surface area (Å²) >= 11 is 0. The topological polar surface area (TPSA) is 73.1 Å². The maximum absolute atomic E-state index is 13.8. The summed E-state index contributed by atoms with van der Waals surface area (Å²) in [5.74, 6) is 3.90. The van der Waals surface area contributed by atoms with Gasteiger partial charge in [-0.3, -0.25) is 0 Å². The van der Waals surface area contributed by atoms with E-state index in [9.17, 15) is 8.78 Å². The smallest absolute Gasteiger partial charge is 0.222 e. The first-order valence-electron chi connectivity index (χ1n) is 7.56. The van der Waals surface area contributed by atoms with E-state index >= 15 is 0 Å². The lowest BCUT2D eigenvalue weighted by atomic mass is 10.1. The quantitative estimate of drug-likeness (QED) is 0.667. The van der Waals surface area contributed by atoms with Gasteiger partial charge in [-0.05, 0) is 25.0 Å². The third-order valence-electron chi connectivity index (χ3n) is 3.62. The summed E-state index contributed by atoms with van der Waals surface area (Å²) in [5, 5.41) is 3.08. The van der Waals surface area contributed by atoms with Crippen LogP contribution in [0.5, 0.6) is 0 Å². The Morgan fingerprint density at radius 3 is 2.75 bits per heavy atom. The number of halogens is 2. The second kappa shape index (κ2) is 7.23. The summed E-state index contributed by atoms with van der Waals surface area (Å²) in [4.78, 5) is 8.24. The van der Waals surface area contributed by atoms with Crippen molar-refractivity contribution in [2.75, 3.05) is 24.2 Å². The summed E-state index contributed by atoms with van der Waals surface area (Å²) in [6, 6.07) is 2.24. The zero-order chi connectivity index (χ0) is 16.9. The predicted molar refractivity (Wildman–Crippen MR) is 86.2 cm³/mol. The molecule has 0 spiro atoms. The molecule has 7 heteroatoms. The molecule has 5 nitrogen and oxygen atoms in total. The van der Waals surface area contributed by atoms with Crippen LogP contribution in [0.4, 0.5) is 20.4 Å². The molecule has 1 aromatic heterocycles. The van der Waals surface area contributed by atoms with E-state index in [0.29, 0.717) is 18.1 Å². The summed E-state index contributed by atoms with van der Waals surface area (Å²) in [7, 11) is 0. The first-order chi connectivity index (χ1) is 11.6. The first-order valence-corrected chi connectivity index (χ1v) is 7.56. The zero-order valence-electron chi connectivity index (χ0n) is 12.9. The molecule has 0 amide bonds. The van der Waals surface area contributed by atoms with Crippen molar-refractivity contribution in [3.8, 4) is 11.8 Å². The van der Waals surface area contributed by atoms with Crippen LogP contribution in [0.15, 0.2) is 24.5 Å². The van der Waals surface area contributed by atoms with Crippen molar-refractivity contribution < 1.29 is 13.5 Å². The number of hydrogen-bond donors (Lipinski definition) is 2. The number of nitrogens with one attached hydrogen (secondary N) is 1. The van der Waals surface area contributed by atoms with Crippen LogP contribution < -0.4 is 11.1 Å². The Kier molecular flexibility index (Phi) is 4.87. The Morgan fingerprint density at radius 1 is 1.25 bits per heavy atom. The largest absolute Gasteiger partial charge is 0.396 e. The van der Waals surface area contributed by atoms with Crippen LogP contribution in [0.3, 0.4) is 0 Å². The molecule has 24 heavy (non-hydrogen) atoms. The number of rotatable bonds is 3. The Morgan fingerprint density at radius 2 is 2.04 bits per heavy atom. The molecule has 1 saturated heterocycles. The van der Waals surface area contributed by atoms with Gasteiger partial charge in [0.05, 0.1) is 22.9 Å². The van der Waals surface area contributed by atoms with Crippen LogP contribution >= 0.6 is 0 Å². The maximum Gasteiger partial charge on any atom is 0.222 e. The van der Waals surface area contributed by atoms with Crippen LogP contribution in [0.1, 0.15) is 24.0 Å². The van der Waals surface area contributed by atoms with E-state index in [4.69, 9.17) is 10.5 Å². The number of nitrogens with zero attached hydrogens (tertiary/aromatic N) is 2. The van der Waals surface area contributed by atoms with Gasteiger partial charge in [-0.2, -0.15) is 0 Å². The normalized spacial score (nSPS) is 16.5. The van der Waals surface area contributed by atoms with E-state index in [1.165, 1.54) is 12.4 Å². The number of nitrogen functional groups attached to an aromatic ring is 1. The van der Waals surface area contributed by atoms with Crippen molar-refractivity contribution in [1.82, 2.24) is 9.97 Å². The molecule has 0 saturated carbocycles. The number of benzene rings is 1. The van der Waals surface area contributed by atoms with Crippen LogP contribution in [0, 0.1) is 23.5 Å². The SMILES string of the molecule is Nc1ccc(F)c(C#Cc2cnc(NCC3CCCO3)nc2)c1F. The molecular weight excluding hydrogens is 314 g/mol. The van der Waals surface area contributed by atoms with Gasteiger partial charge in [0.15, 0.2) is 5.82 Å². The highest BCUT2D eigenvalue weighted by atomic mass is 19.1. The van der Waals surface area contributed by atoms with Crippen LogP contribution in [0.25, 0.3) is 0 Å². The summed E-state index contributed by atoms with van der Waals surface area (Å²) < 4.78 is 32.8. The maximum atomic E-state index is 13.8. The minimum atomic E-state index is -0.863. The lowest BCUT2D eigenvalue weighted by Crippen LogP contribution is -2.19. The molecule has 3 N–H and O–H groups in total. The van der Waals surface area contributed by atoms with E-state index in [1.807, 2.05) is 0 Å². The second-order valence-corrected chi connectivity index (χ2v) is 5.39. The number of ether oxygens (including phenoxy) is 1. The van der Waals surface area contributed by atoms with E-state index in [2.05, 4.69) is 27.1 Å². The minimum Gasteiger partial charge on any atom is -0.396 e. The van der Waals surface area contributed by atoms with Crippen molar-refractivity contribution in [3.63, 3.8) is 0 Å². The average Bonchev–Trinajstić information content (AvgIpc) is 3.11. The molecular formula is C17H16F2N4O. The highest BCUT2D eigenvalue weighted by Gasteiger charge is 2.15. The van der Waals surface area contributed by atoms with Gasteiger partial charge < -0.3 is 15.8 Å². The summed E-state index contributed by atoms with van der Waals surface area (Å²) in [6.45, 7) is 1.43. The molecule has 0 aliphatic carbocycles. The summed E-state index contributed by atoms with van der Waals surface area (Å²) in [5.41, 5.74) is 5.34. The molecule has 1 aliphatic rings. The Labute approximate surface area is 138 Å². The van der Waals surface area contributed by atoms with E-state index in [1.54, 1.807) is 0 Å². The Balaban J connectivity index is 1.68. The van der Waals surface area contributed by atoms with Crippen LogP contribution in [-0.4, -0.2) is 29.2 Å². The molecule has 3 rings (SSSR count). The standard InChI is InChI=1S/C17H16F2N4O/c18-14-5-6-15(20)16(19)13(14)4-3-11-8-21-17(22-9-11)23-10-12-2-1-7-24-12/h5-6,8-9,12H,1-2,7,10,20H2,(H,21,22,23). The average molecular weight is 330 g/mol. The molecule has 1 aromatic carbocycles. The van der Waals surface area contributed by atoms with E-state index < -0.39 is 11.6 Å². The van der Waals surface area contributed by atoms with E-state index in [-0.39, 0.29) is 17.4 Å². The Hall–Kier alpha value is -2.72. The molecule has 0 radical (unpaired) electrons. The van der Waals surface area contributed by atoms with Gasteiger partial charge in [-0.25, -0.2) is 18.7 Å². The molecule has 1 unspecified atom stereocenters. The third kappa shape index (κ3) is 3.78. The van der Waals surface area contributed by atoms with Gasteiger partial charge in [-0.15, -0.1) is 0 Å². The lowest BCUT2D eigenvalue weighted by molar-refractivity contribution is 0.120. The number of aromatic nitrogens is 2. The summed E-state index contributed by atoms with van der Waals surface area (Å²) in [6.07, 6.45) is 5.25. The molecule has 0 bridgehead atoms. The second-order valence-electron chi connectivity index (χ2n) is 5.39. The number of anilines is 2. The van der Waals surface area contributed by atoms with E-state index in [0.717, 1.165) is 31.6 Å². The minimum absolute atomic E-state index is 0.148. The van der Waals surface area contributed by atoms with Gasteiger partial charge in [0.1, 0.15) is 5.82 Å². The fraction of sp³-hybridized carbons (Fsp3) is 0.294. The number of nitrogens with two attached hydrogens (primary N) is 1. The van der Waals surface area contributed by atoms with Crippen molar-refractivity contribution in [2.45, 2.75) is 18.9 Å². The van der Waals surface area contributed by atoms with Crippen molar-refractivity contribution in [1.29, 1.82) is 0 Å².